The number of aromatic nitrogens is 1. The molecule has 0 fully saturated rings. The fraction of sp³-hybridized carbons (Fsp3) is 0.294. The van der Waals surface area contributed by atoms with E-state index in [-0.39, 0.29) is 18.2 Å². The minimum atomic E-state index is -0.450. The molecule has 0 unspecified atom stereocenters. The van der Waals surface area contributed by atoms with Crippen LogP contribution >= 0.6 is 0 Å². The van der Waals surface area contributed by atoms with E-state index in [1.165, 1.54) is 20.0 Å². The number of ketones is 2. The van der Waals surface area contributed by atoms with Crippen LogP contribution in [-0.2, 0) is 4.74 Å². The number of Topliss-reactive ketones (excluding diaryl/α,β-unsaturated/α-hetero) is 2. The highest BCUT2D eigenvalue weighted by atomic mass is 16.5. The van der Waals surface area contributed by atoms with Gasteiger partial charge in [0.05, 0.1) is 17.7 Å². The lowest BCUT2D eigenvalue weighted by Crippen LogP contribution is -2.09. The fourth-order valence-electron chi connectivity index (χ4n) is 2.37. The summed E-state index contributed by atoms with van der Waals surface area (Å²) < 4.78 is 5.00. The third-order valence-electron chi connectivity index (χ3n) is 3.53. The first kappa shape index (κ1) is 15.8. The number of nitrogens with zero attached hydrogens (tertiary/aromatic N) is 1. The second-order valence-electron chi connectivity index (χ2n) is 5.04. The first-order valence-corrected chi connectivity index (χ1v) is 6.99. The average molecular weight is 299 g/mol. The Morgan fingerprint density at radius 1 is 1.05 bits per heavy atom. The summed E-state index contributed by atoms with van der Waals surface area (Å²) in [5.74, 6) is -0.844. The van der Waals surface area contributed by atoms with Crippen LogP contribution in [0, 0.1) is 6.92 Å². The number of carbonyl (C=O) groups excluding carboxylic acids is 3. The van der Waals surface area contributed by atoms with Gasteiger partial charge in [-0.1, -0.05) is 0 Å². The molecule has 1 heterocycles. The highest BCUT2D eigenvalue weighted by Gasteiger charge is 2.18. The minimum Gasteiger partial charge on any atom is -0.462 e. The van der Waals surface area contributed by atoms with Crippen molar-refractivity contribution in [2.45, 2.75) is 27.7 Å². The summed E-state index contributed by atoms with van der Waals surface area (Å²) in [4.78, 5) is 39.6. The summed E-state index contributed by atoms with van der Waals surface area (Å²) in [6, 6.07) is 3.22. The molecule has 2 rings (SSSR count). The van der Waals surface area contributed by atoms with Gasteiger partial charge in [0.15, 0.2) is 11.6 Å². The molecule has 0 N–H and O–H groups in total. The highest BCUT2D eigenvalue weighted by Crippen LogP contribution is 2.25. The van der Waals surface area contributed by atoms with Crippen molar-refractivity contribution in [3.8, 4) is 0 Å². The van der Waals surface area contributed by atoms with Crippen LogP contribution in [0.4, 0.5) is 0 Å². The molecular formula is C17H17NO4. The number of rotatable bonds is 4. The molecule has 5 heteroatoms. The zero-order valence-corrected chi connectivity index (χ0v) is 13.0. The Hall–Kier alpha value is -2.56. The van der Waals surface area contributed by atoms with Crippen molar-refractivity contribution in [2.24, 2.45) is 0 Å². The van der Waals surface area contributed by atoms with Gasteiger partial charge in [0.2, 0.25) is 0 Å². The molecule has 0 saturated heterocycles. The van der Waals surface area contributed by atoms with Gasteiger partial charge in [-0.2, -0.15) is 0 Å². The summed E-state index contributed by atoms with van der Waals surface area (Å²) >= 11 is 0. The van der Waals surface area contributed by atoms with Crippen molar-refractivity contribution in [3.63, 3.8) is 0 Å². The second-order valence-corrected chi connectivity index (χ2v) is 5.04. The quantitative estimate of drug-likeness (QED) is 0.640. The molecule has 0 atom stereocenters. The lowest BCUT2D eigenvalue weighted by atomic mass is 9.95. The number of esters is 1. The van der Waals surface area contributed by atoms with Crippen LogP contribution < -0.4 is 0 Å². The van der Waals surface area contributed by atoms with Crippen LogP contribution in [0.15, 0.2) is 18.3 Å². The van der Waals surface area contributed by atoms with Gasteiger partial charge in [-0.25, -0.2) is 4.79 Å². The molecule has 0 bridgehead atoms. The number of fused-ring (bicyclic) bond motifs is 1. The van der Waals surface area contributed by atoms with Gasteiger partial charge in [0.1, 0.15) is 0 Å². The number of pyridine rings is 1. The molecule has 114 valence electrons. The maximum Gasteiger partial charge on any atom is 0.339 e. The summed E-state index contributed by atoms with van der Waals surface area (Å²) in [6.07, 6.45) is 1.44. The van der Waals surface area contributed by atoms with Gasteiger partial charge in [-0.15, -0.1) is 0 Å². The number of aryl methyl sites for hydroxylation is 1. The van der Waals surface area contributed by atoms with E-state index in [1.807, 2.05) is 0 Å². The first-order valence-electron chi connectivity index (χ1n) is 6.99. The van der Waals surface area contributed by atoms with Crippen molar-refractivity contribution in [2.75, 3.05) is 6.61 Å². The Bertz CT molecular complexity index is 793. The molecule has 0 aliphatic heterocycles. The highest BCUT2D eigenvalue weighted by molar-refractivity contribution is 6.11. The van der Waals surface area contributed by atoms with Gasteiger partial charge in [-0.3, -0.25) is 14.6 Å². The Kier molecular flexibility index (Phi) is 4.35. The maximum absolute atomic E-state index is 11.9. The number of hydrogen-bond donors (Lipinski definition) is 0. The van der Waals surface area contributed by atoms with Gasteiger partial charge < -0.3 is 4.74 Å². The van der Waals surface area contributed by atoms with E-state index < -0.39 is 5.97 Å². The van der Waals surface area contributed by atoms with Crippen LogP contribution in [0.2, 0.25) is 0 Å². The molecule has 1 aromatic heterocycles. The summed E-state index contributed by atoms with van der Waals surface area (Å²) in [6.45, 7) is 6.60. The van der Waals surface area contributed by atoms with Gasteiger partial charge in [0.25, 0.3) is 0 Å². The smallest absolute Gasteiger partial charge is 0.339 e. The molecule has 5 nitrogen and oxygen atoms in total. The predicted octanol–water partition coefficient (Wildman–Crippen LogP) is 3.13. The van der Waals surface area contributed by atoms with Crippen molar-refractivity contribution < 1.29 is 19.1 Å². The first-order chi connectivity index (χ1) is 10.4. The third-order valence-corrected chi connectivity index (χ3v) is 3.53. The van der Waals surface area contributed by atoms with Crippen LogP contribution in [0.1, 0.15) is 57.4 Å². The zero-order chi connectivity index (χ0) is 16.4. The van der Waals surface area contributed by atoms with Gasteiger partial charge in [-0.05, 0) is 45.4 Å². The predicted molar refractivity (Wildman–Crippen MR) is 82.4 cm³/mol. The van der Waals surface area contributed by atoms with Crippen molar-refractivity contribution in [3.05, 3.63) is 40.6 Å². The number of ether oxygens (including phenoxy) is 1. The van der Waals surface area contributed by atoms with Gasteiger partial charge >= 0.3 is 5.97 Å². The van der Waals surface area contributed by atoms with E-state index >= 15 is 0 Å². The lowest BCUT2D eigenvalue weighted by molar-refractivity contribution is 0.0525. The molecule has 1 aromatic carbocycles. The average Bonchev–Trinajstić information content (AvgIpc) is 2.46. The van der Waals surface area contributed by atoms with Crippen LogP contribution in [-0.4, -0.2) is 29.1 Å². The lowest BCUT2D eigenvalue weighted by Gasteiger charge is -2.11. The SMILES string of the molecule is CCOC(=O)c1cnc2cc(C(C)=O)c(C(C)=O)cc2c1C. The van der Waals surface area contributed by atoms with Crippen molar-refractivity contribution >= 4 is 28.4 Å². The summed E-state index contributed by atoms with van der Waals surface area (Å²) in [7, 11) is 0. The molecule has 0 aliphatic carbocycles. The fourth-order valence-corrected chi connectivity index (χ4v) is 2.37. The van der Waals surface area contributed by atoms with Crippen LogP contribution in [0.5, 0.6) is 0 Å². The Morgan fingerprint density at radius 2 is 1.64 bits per heavy atom. The molecule has 2 aromatic rings. The molecule has 0 spiro atoms. The molecule has 0 radical (unpaired) electrons. The zero-order valence-electron chi connectivity index (χ0n) is 13.0. The topological polar surface area (TPSA) is 73.3 Å². The van der Waals surface area contributed by atoms with Crippen molar-refractivity contribution in [1.82, 2.24) is 4.98 Å². The standard InChI is InChI=1S/C17H17NO4/c1-5-22-17(21)15-8-18-16-7-14(11(4)20)13(10(3)19)6-12(16)9(15)2/h6-8H,5H2,1-4H3. The summed E-state index contributed by atoms with van der Waals surface area (Å²) in [5.41, 5.74) is 2.29. The largest absolute Gasteiger partial charge is 0.462 e. The van der Waals surface area contributed by atoms with E-state index in [1.54, 1.807) is 26.0 Å². The van der Waals surface area contributed by atoms with Crippen LogP contribution in [0.3, 0.4) is 0 Å². The molecule has 0 amide bonds. The Morgan fingerprint density at radius 3 is 2.18 bits per heavy atom. The second kappa shape index (κ2) is 6.05. The normalized spacial score (nSPS) is 10.5. The molecular weight excluding hydrogens is 282 g/mol. The number of carbonyl (C=O) groups is 3. The number of hydrogen-bond acceptors (Lipinski definition) is 5. The van der Waals surface area contributed by atoms with E-state index in [9.17, 15) is 14.4 Å². The van der Waals surface area contributed by atoms with Crippen LogP contribution in [0.25, 0.3) is 10.9 Å². The summed E-state index contributed by atoms with van der Waals surface area (Å²) in [5, 5.41) is 0.667. The van der Waals surface area contributed by atoms with E-state index in [2.05, 4.69) is 4.98 Å². The Labute approximate surface area is 128 Å². The maximum atomic E-state index is 11.9. The minimum absolute atomic E-state index is 0.193. The molecule has 0 aliphatic rings. The van der Waals surface area contributed by atoms with E-state index in [0.29, 0.717) is 33.2 Å². The Balaban J connectivity index is 2.74. The van der Waals surface area contributed by atoms with E-state index in [0.717, 1.165) is 0 Å². The number of benzene rings is 1. The monoisotopic (exact) mass is 299 g/mol. The van der Waals surface area contributed by atoms with Crippen molar-refractivity contribution in [1.29, 1.82) is 0 Å². The third kappa shape index (κ3) is 2.74. The molecule has 22 heavy (non-hydrogen) atoms. The van der Waals surface area contributed by atoms with E-state index in [4.69, 9.17) is 4.74 Å². The molecule has 0 saturated carbocycles. The van der Waals surface area contributed by atoms with Gasteiger partial charge in [0, 0.05) is 22.7 Å².